The predicted octanol–water partition coefficient (Wildman–Crippen LogP) is 2.76. The van der Waals surface area contributed by atoms with Gasteiger partial charge in [0.05, 0.1) is 6.54 Å². The minimum Gasteiger partial charge on any atom is -0.422 e. The van der Waals surface area contributed by atoms with E-state index in [1.54, 1.807) is 0 Å². The minimum atomic E-state index is -0.362. The first-order valence-electron chi connectivity index (χ1n) is 8.09. The maximum Gasteiger partial charge on any atom is 0.336 e. The van der Waals surface area contributed by atoms with Crippen LogP contribution in [0.25, 0.3) is 11.0 Å². The molecule has 1 amide bonds. The molecule has 5 heteroatoms. The SMILES string of the molecule is Cc1ccc2c(CN(C)CC(=O)NC(C)(C)C)cc(=O)oc2c1C. The Morgan fingerprint density at radius 1 is 1.25 bits per heavy atom. The number of carbonyl (C=O) groups excluding carboxylic acids is 1. The zero-order valence-electron chi connectivity index (χ0n) is 15.3. The molecule has 0 saturated heterocycles. The monoisotopic (exact) mass is 330 g/mol. The Morgan fingerprint density at radius 2 is 1.92 bits per heavy atom. The number of likely N-dealkylation sites (N-methyl/N-ethyl adjacent to an activating group) is 1. The molecule has 0 aliphatic heterocycles. The number of rotatable bonds is 4. The highest BCUT2D eigenvalue weighted by molar-refractivity contribution is 5.84. The second-order valence-corrected chi connectivity index (χ2v) is 7.45. The first-order chi connectivity index (χ1) is 11.1. The third-order valence-electron chi connectivity index (χ3n) is 3.89. The molecule has 1 aromatic carbocycles. The van der Waals surface area contributed by atoms with Crippen molar-refractivity contribution >= 4 is 16.9 Å². The van der Waals surface area contributed by atoms with Gasteiger partial charge in [-0.3, -0.25) is 9.69 Å². The highest BCUT2D eigenvalue weighted by Gasteiger charge is 2.16. The molecule has 0 atom stereocenters. The van der Waals surface area contributed by atoms with Crippen LogP contribution < -0.4 is 10.9 Å². The van der Waals surface area contributed by atoms with Crippen LogP contribution in [-0.4, -0.2) is 29.9 Å². The van der Waals surface area contributed by atoms with Crippen LogP contribution in [0.1, 0.15) is 37.5 Å². The lowest BCUT2D eigenvalue weighted by Gasteiger charge is -2.23. The van der Waals surface area contributed by atoms with Crippen molar-refractivity contribution < 1.29 is 9.21 Å². The van der Waals surface area contributed by atoms with Crippen molar-refractivity contribution in [3.05, 3.63) is 45.3 Å². The molecular weight excluding hydrogens is 304 g/mol. The van der Waals surface area contributed by atoms with Crippen molar-refractivity contribution in [3.8, 4) is 0 Å². The van der Waals surface area contributed by atoms with Gasteiger partial charge in [0, 0.05) is 23.5 Å². The molecule has 130 valence electrons. The summed E-state index contributed by atoms with van der Waals surface area (Å²) in [4.78, 5) is 25.8. The number of hydrogen-bond acceptors (Lipinski definition) is 4. The van der Waals surface area contributed by atoms with Crippen molar-refractivity contribution in [1.82, 2.24) is 10.2 Å². The van der Waals surface area contributed by atoms with E-state index in [2.05, 4.69) is 5.32 Å². The molecule has 0 radical (unpaired) electrons. The lowest BCUT2D eigenvalue weighted by Crippen LogP contribution is -2.45. The molecule has 0 unspecified atom stereocenters. The molecule has 2 rings (SSSR count). The summed E-state index contributed by atoms with van der Waals surface area (Å²) in [5, 5.41) is 3.86. The fourth-order valence-corrected chi connectivity index (χ4v) is 2.71. The van der Waals surface area contributed by atoms with Gasteiger partial charge in [0.1, 0.15) is 5.58 Å². The predicted molar refractivity (Wildman–Crippen MR) is 96.2 cm³/mol. The Hall–Kier alpha value is -2.14. The summed E-state index contributed by atoms with van der Waals surface area (Å²) in [6.45, 7) is 10.6. The van der Waals surface area contributed by atoms with E-state index < -0.39 is 0 Å². The third kappa shape index (κ3) is 4.45. The van der Waals surface area contributed by atoms with E-state index >= 15 is 0 Å². The summed E-state index contributed by atoms with van der Waals surface area (Å²) in [6, 6.07) is 5.50. The molecule has 0 fully saturated rings. The van der Waals surface area contributed by atoms with E-state index in [1.807, 2.05) is 58.7 Å². The first-order valence-corrected chi connectivity index (χ1v) is 8.09. The van der Waals surface area contributed by atoms with E-state index in [0.29, 0.717) is 12.1 Å². The number of amides is 1. The number of carbonyl (C=O) groups is 1. The standard InChI is InChI=1S/C19H26N2O3/c1-12-7-8-15-14(9-17(23)24-18(15)13(12)2)10-21(6)11-16(22)20-19(3,4)5/h7-9H,10-11H2,1-6H3,(H,20,22). The largest absolute Gasteiger partial charge is 0.422 e. The third-order valence-corrected chi connectivity index (χ3v) is 3.89. The lowest BCUT2D eigenvalue weighted by molar-refractivity contribution is -0.123. The van der Waals surface area contributed by atoms with Gasteiger partial charge in [0.15, 0.2) is 0 Å². The van der Waals surface area contributed by atoms with Crippen LogP contribution in [0.4, 0.5) is 0 Å². The molecule has 0 aliphatic carbocycles. The molecule has 0 spiro atoms. The van der Waals surface area contributed by atoms with E-state index in [-0.39, 0.29) is 23.6 Å². The van der Waals surface area contributed by atoms with Crippen LogP contribution in [0.2, 0.25) is 0 Å². The van der Waals surface area contributed by atoms with Crippen molar-refractivity contribution in [2.45, 2.75) is 46.7 Å². The Labute approximate surface area is 142 Å². The summed E-state index contributed by atoms with van der Waals surface area (Å²) in [7, 11) is 1.86. The molecule has 0 bridgehead atoms. The molecule has 24 heavy (non-hydrogen) atoms. The fraction of sp³-hybridized carbons (Fsp3) is 0.474. The molecule has 2 aromatic rings. The van der Waals surface area contributed by atoms with Gasteiger partial charge in [-0.25, -0.2) is 4.79 Å². The van der Waals surface area contributed by atoms with Gasteiger partial charge in [0.2, 0.25) is 5.91 Å². The summed E-state index contributed by atoms with van der Waals surface area (Å²) in [6.07, 6.45) is 0. The summed E-state index contributed by atoms with van der Waals surface area (Å²) in [5.41, 5.74) is 2.94. The highest BCUT2D eigenvalue weighted by Crippen LogP contribution is 2.23. The maximum atomic E-state index is 12.1. The Balaban J connectivity index is 2.25. The van der Waals surface area contributed by atoms with Crippen molar-refractivity contribution in [3.63, 3.8) is 0 Å². The second-order valence-electron chi connectivity index (χ2n) is 7.45. The molecule has 0 aliphatic rings. The van der Waals surface area contributed by atoms with Crippen molar-refractivity contribution in [1.29, 1.82) is 0 Å². The van der Waals surface area contributed by atoms with Gasteiger partial charge >= 0.3 is 5.63 Å². The van der Waals surface area contributed by atoms with Crippen LogP contribution in [0, 0.1) is 13.8 Å². The summed E-state index contributed by atoms with van der Waals surface area (Å²) in [5.74, 6) is -0.0377. The van der Waals surface area contributed by atoms with Crippen LogP contribution in [0.15, 0.2) is 27.4 Å². The number of aryl methyl sites for hydroxylation is 2. The Kier molecular flexibility index (Phi) is 5.13. The molecule has 1 N–H and O–H groups in total. The number of fused-ring (bicyclic) bond motifs is 1. The van der Waals surface area contributed by atoms with Gasteiger partial charge in [-0.1, -0.05) is 12.1 Å². The number of nitrogens with one attached hydrogen (secondary N) is 1. The van der Waals surface area contributed by atoms with Gasteiger partial charge in [0.25, 0.3) is 0 Å². The van der Waals surface area contributed by atoms with Crippen LogP contribution in [-0.2, 0) is 11.3 Å². The van der Waals surface area contributed by atoms with Gasteiger partial charge in [-0.05, 0) is 58.4 Å². The normalized spacial score (nSPS) is 12.0. The number of nitrogens with zero attached hydrogens (tertiary/aromatic N) is 1. The summed E-state index contributed by atoms with van der Waals surface area (Å²) < 4.78 is 5.39. The quantitative estimate of drug-likeness (QED) is 0.876. The van der Waals surface area contributed by atoms with Crippen molar-refractivity contribution in [2.75, 3.05) is 13.6 Å². The molecule has 5 nitrogen and oxygen atoms in total. The average molecular weight is 330 g/mol. The maximum absolute atomic E-state index is 12.1. The molecular formula is C19H26N2O3. The number of hydrogen-bond donors (Lipinski definition) is 1. The summed E-state index contributed by atoms with van der Waals surface area (Å²) >= 11 is 0. The van der Waals surface area contributed by atoms with Gasteiger partial charge < -0.3 is 9.73 Å². The lowest BCUT2D eigenvalue weighted by atomic mass is 10.0. The van der Waals surface area contributed by atoms with E-state index in [1.165, 1.54) is 6.07 Å². The topological polar surface area (TPSA) is 62.6 Å². The first kappa shape index (κ1) is 18.2. The second kappa shape index (κ2) is 6.77. The Morgan fingerprint density at radius 3 is 2.54 bits per heavy atom. The van der Waals surface area contributed by atoms with E-state index in [0.717, 1.165) is 22.1 Å². The molecule has 0 saturated carbocycles. The van der Waals surface area contributed by atoms with E-state index in [9.17, 15) is 9.59 Å². The molecule has 1 heterocycles. The Bertz CT molecular complexity index is 816. The van der Waals surface area contributed by atoms with Crippen LogP contribution in [0.5, 0.6) is 0 Å². The highest BCUT2D eigenvalue weighted by atomic mass is 16.4. The van der Waals surface area contributed by atoms with Gasteiger partial charge in [-0.2, -0.15) is 0 Å². The van der Waals surface area contributed by atoms with Crippen LogP contribution in [0.3, 0.4) is 0 Å². The average Bonchev–Trinajstić information content (AvgIpc) is 2.40. The smallest absolute Gasteiger partial charge is 0.336 e. The zero-order chi connectivity index (χ0) is 18.1. The van der Waals surface area contributed by atoms with Crippen molar-refractivity contribution in [2.24, 2.45) is 0 Å². The minimum absolute atomic E-state index is 0.0377. The number of benzene rings is 1. The van der Waals surface area contributed by atoms with E-state index in [4.69, 9.17) is 4.42 Å². The zero-order valence-corrected chi connectivity index (χ0v) is 15.3. The van der Waals surface area contributed by atoms with Gasteiger partial charge in [-0.15, -0.1) is 0 Å². The fourth-order valence-electron chi connectivity index (χ4n) is 2.71. The van der Waals surface area contributed by atoms with Crippen LogP contribution >= 0.6 is 0 Å². The molecule has 1 aromatic heterocycles.